The Morgan fingerprint density at radius 3 is 2.35 bits per heavy atom. The zero-order valence-corrected chi connectivity index (χ0v) is 10.5. The molecule has 1 aromatic carbocycles. The van der Waals surface area contributed by atoms with E-state index in [1.165, 1.54) is 14.2 Å². The van der Waals surface area contributed by atoms with Gasteiger partial charge in [0.25, 0.3) is 11.8 Å². The van der Waals surface area contributed by atoms with E-state index in [9.17, 15) is 0 Å². The third-order valence-corrected chi connectivity index (χ3v) is 2.94. The van der Waals surface area contributed by atoms with Crippen molar-refractivity contribution in [2.75, 3.05) is 20.0 Å². The van der Waals surface area contributed by atoms with E-state index in [1.54, 1.807) is 0 Å². The molecule has 2 aromatic rings. The van der Waals surface area contributed by atoms with Gasteiger partial charge in [-0.25, -0.2) is 9.97 Å². The smallest absolute Gasteiger partial charge is 0.278 e. The number of anilines is 1. The van der Waals surface area contributed by atoms with E-state index in [0.717, 1.165) is 5.56 Å². The fourth-order valence-corrected chi connectivity index (χ4v) is 1.71. The Morgan fingerprint density at radius 1 is 1.18 bits per heavy atom. The molecule has 0 aliphatic rings. The lowest BCUT2D eigenvalue weighted by Gasteiger charge is -2.10. The number of aryl methyl sites for hydroxylation is 1. The van der Waals surface area contributed by atoms with Crippen molar-refractivity contribution in [3.63, 3.8) is 0 Å². The Bertz CT molecular complexity index is 587. The first-order chi connectivity index (χ1) is 8.08. The van der Waals surface area contributed by atoms with Crippen molar-refractivity contribution < 1.29 is 9.47 Å². The number of nitrogens with zero attached hydrogens (tertiary/aromatic N) is 2. The zero-order chi connectivity index (χ0) is 12.6. The molecule has 1 aromatic heterocycles. The minimum atomic E-state index is 0.284. The molecule has 90 valence electrons. The van der Waals surface area contributed by atoms with Crippen molar-refractivity contribution in [1.82, 2.24) is 9.97 Å². The Balaban J connectivity index is 2.83. The molecule has 0 aliphatic carbocycles. The average Bonchev–Trinajstić information content (AvgIpc) is 2.34. The van der Waals surface area contributed by atoms with Crippen LogP contribution < -0.4 is 15.2 Å². The molecule has 0 atom stereocenters. The summed E-state index contributed by atoms with van der Waals surface area (Å²) in [6, 6.07) is 1.81. The van der Waals surface area contributed by atoms with Gasteiger partial charge in [0.15, 0.2) is 0 Å². The second-order valence-corrected chi connectivity index (χ2v) is 3.91. The maximum Gasteiger partial charge on any atom is 0.278 e. The van der Waals surface area contributed by atoms with Gasteiger partial charge >= 0.3 is 0 Å². The number of methoxy groups -OCH3 is 2. The minimum absolute atomic E-state index is 0.284. The first-order valence-corrected chi connectivity index (χ1v) is 5.30. The quantitative estimate of drug-likeness (QED) is 0.831. The van der Waals surface area contributed by atoms with Gasteiger partial charge in [-0.1, -0.05) is 11.6 Å². The zero-order valence-electron chi connectivity index (χ0n) is 9.74. The monoisotopic (exact) mass is 253 g/mol. The van der Waals surface area contributed by atoms with Gasteiger partial charge in [-0.3, -0.25) is 0 Å². The Kier molecular flexibility index (Phi) is 2.93. The first-order valence-electron chi connectivity index (χ1n) is 4.92. The van der Waals surface area contributed by atoms with Crippen LogP contribution in [0.5, 0.6) is 11.8 Å². The number of halogens is 1. The number of nitrogen functional groups attached to an aromatic ring is 1. The molecule has 0 spiro atoms. The van der Waals surface area contributed by atoms with Gasteiger partial charge in [-0.15, -0.1) is 0 Å². The summed E-state index contributed by atoms with van der Waals surface area (Å²) in [6.07, 6.45) is 0. The van der Waals surface area contributed by atoms with Gasteiger partial charge in [0, 0.05) is 0 Å². The lowest BCUT2D eigenvalue weighted by molar-refractivity contribution is 0.334. The summed E-state index contributed by atoms with van der Waals surface area (Å²) in [5, 5.41) is 0.485. The number of nitrogens with two attached hydrogens (primary N) is 1. The molecular weight excluding hydrogens is 242 g/mol. The standard InChI is InChI=1S/C11H12ClN3O2/c1-5-4-6-9(8(13)7(5)12)15-11(17-3)10(14-6)16-2/h4H,13H2,1-3H3. The Labute approximate surface area is 104 Å². The second-order valence-electron chi connectivity index (χ2n) is 3.53. The van der Waals surface area contributed by atoms with Crippen LogP contribution in [0, 0.1) is 6.92 Å². The van der Waals surface area contributed by atoms with Crippen LogP contribution in [0.15, 0.2) is 6.07 Å². The number of fused-ring (bicyclic) bond motifs is 1. The third-order valence-electron chi connectivity index (χ3n) is 2.44. The molecule has 6 heteroatoms. The number of benzene rings is 1. The van der Waals surface area contributed by atoms with Gasteiger partial charge in [-0.05, 0) is 18.6 Å². The molecular formula is C11H12ClN3O2. The van der Waals surface area contributed by atoms with E-state index in [1.807, 2.05) is 13.0 Å². The number of rotatable bonds is 2. The van der Waals surface area contributed by atoms with Gasteiger partial charge in [0.2, 0.25) is 0 Å². The first kappa shape index (κ1) is 11.7. The number of aromatic nitrogens is 2. The highest BCUT2D eigenvalue weighted by molar-refractivity contribution is 6.35. The van der Waals surface area contributed by atoms with Gasteiger partial charge in [-0.2, -0.15) is 0 Å². The summed E-state index contributed by atoms with van der Waals surface area (Å²) in [6.45, 7) is 1.86. The van der Waals surface area contributed by atoms with Crippen LogP contribution in [-0.2, 0) is 0 Å². The summed E-state index contributed by atoms with van der Waals surface area (Å²) in [4.78, 5) is 8.53. The van der Waals surface area contributed by atoms with Crippen LogP contribution in [0.2, 0.25) is 5.02 Å². The average molecular weight is 254 g/mol. The molecule has 0 bridgehead atoms. The molecule has 0 aliphatic heterocycles. The third kappa shape index (κ3) is 1.82. The highest BCUT2D eigenvalue weighted by Gasteiger charge is 2.14. The van der Waals surface area contributed by atoms with E-state index in [2.05, 4.69) is 9.97 Å². The van der Waals surface area contributed by atoms with Crippen molar-refractivity contribution in [3.8, 4) is 11.8 Å². The summed E-state index contributed by atoms with van der Waals surface area (Å²) < 4.78 is 10.2. The molecule has 0 saturated carbocycles. The molecule has 0 saturated heterocycles. The van der Waals surface area contributed by atoms with E-state index in [4.69, 9.17) is 26.8 Å². The summed E-state index contributed by atoms with van der Waals surface area (Å²) in [5.74, 6) is 0.604. The molecule has 0 radical (unpaired) electrons. The Morgan fingerprint density at radius 2 is 1.76 bits per heavy atom. The van der Waals surface area contributed by atoms with Crippen molar-refractivity contribution in [2.45, 2.75) is 6.92 Å². The van der Waals surface area contributed by atoms with Crippen LogP contribution in [0.3, 0.4) is 0 Å². The summed E-state index contributed by atoms with van der Waals surface area (Å²) in [7, 11) is 2.99. The summed E-state index contributed by atoms with van der Waals surface area (Å²) in [5.41, 5.74) is 8.29. The van der Waals surface area contributed by atoms with Crippen molar-refractivity contribution in [3.05, 3.63) is 16.7 Å². The number of hydrogen-bond donors (Lipinski definition) is 1. The SMILES string of the molecule is COc1nc2cc(C)c(Cl)c(N)c2nc1OC. The van der Waals surface area contributed by atoms with E-state index in [0.29, 0.717) is 27.6 Å². The minimum Gasteiger partial charge on any atom is -0.477 e. The normalized spacial score (nSPS) is 10.6. The maximum absolute atomic E-state index is 6.06. The molecule has 2 N–H and O–H groups in total. The lowest BCUT2D eigenvalue weighted by Crippen LogP contribution is -2.00. The fourth-order valence-electron chi connectivity index (χ4n) is 1.57. The summed E-state index contributed by atoms with van der Waals surface area (Å²) >= 11 is 6.06. The van der Waals surface area contributed by atoms with Gasteiger partial charge in [0.1, 0.15) is 5.52 Å². The topological polar surface area (TPSA) is 70.3 Å². The van der Waals surface area contributed by atoms with Crippen molar-refractivity contribution >= 4 is 28.3 Å². The van der Waals surface area contributed by atoms with Crippen LogP contribution in [0.1, 0.15) is 5.56 Å². The van der Waals surface area contributed by atoms with Crippen LogP contribution in [0.4, 0.5) is 5.69 Å². The second kappa shape index (κ2) is 4.25. The largest absolute Gasteiger partial charge is 0.477 e. The highest BCUT2D eigenvalue weighted by Crippen LogP contribution is 2.33. The molecule has 0 amide bonds. The highest BCUT2D eigenvalue weighted by atomic mass is 35.5. The molecule has 17 heavy (non-hydrogen) atoms. The number of ether oxygens (including phenoxy) is 2. The van der Waals surface area contributed by atoms with Gasteiger partial charge < -0.3 is 15.2 Å². The van der Waals surface area contributed by atoms with Crippen molar-refractivity contribution in [2.24, 2.45) is 0 Å². The predicted molar refractivity (Wildman–Crippen MR) is 66.8 cm³/mol. The predicted octanol–water partition coefficient (Wildman–Crippen LogP) is 2.19. The fraction of sp³-hybridized carbons (Fsp3) is 0.273. The molecule has 5 nitrogen and oxygen atoms in total. The van der Waals surface area contributed by atoms with E-state index < -0.39 is 0 Å². The molecule has 0 fully saturated rings. The maximum atomic E-state index is 6.06. The lowest BCUT2D eigenvalue weighted by atomic mass is 10.2. The van der Waals surface area contributed by atoms with Crippen molar-refractivity contribution in [1.29, 1.82) is 0 Å². The van der Waals surface area contributed by atoms with Gasteiger partial charge in [0.05, 0.1) is 30.4 Å². The number of hydrogen-bond acceptors (Lipinski definition) is 5. The molecule has 2 rings (SSSR count). The van der Waals surface area contributed by atoms with Crippen LogP contribution in [-0.4, -0.2) is 24.2 Å². The molecule has 1 heterocycles. The molecule has 0 unspecified atom stereocenters. The van der Waals surface area contributed by atoms with E-state index >= 15 is 0 Å². The van der Waals surface area contributed by atoms with E-state index in [-0.39, 0.29) is 5.88 Å². The van der Waals surface area contributed by atoms with Crippen LogP contribution in [0.25, 0.3) is 11.0 Å². The van der Waals surface area contributed by atoms with Crippen LogP contribution >= 0.6 is 11.6 Å². The Hall–Kier alpha value is -1.75.